The number of carbonyl (C=O) groups is 2. The van der Waals surface area contributed by atoms with Crippen LogP contribution in [0.4, 0.5) is 0 Å². The van der Waals surface area contributed by atoms with E-state index in [2.05, 4.69) is 5.10 Å². The first-order valence-corrected chi connectivity index (χ1v) is 5.72. The summed E-state index contributed by atoms with van der Waals surface area (Å²) in [5.74, 6) is -0.795. The molecule has 1 aliphatic rings. The number of amides is 1. The van der Waals surface area contributed by atoms with E-state index in [4.69, 9.17) is 5.11 Å². The maximum Gasteiger partial charge on any atom is 0.303 e. The first-order chi connectivity index (χ1) is 8.54. The molecule has 96 valence electrons. The van der Waals surface area contributed by atoms with E-state index in [1.807, 2.05) is 13.2 Å². The van der Waals surface area contributed by atoms with Crippen molar-refractivity contribution in [2.45, 2.75) is 6.42 Å². The maximum atomic E-state index is 11.7. The molecule has 2 heterocycles. The summed E-state index contributed by atoms with van der Waals surface area (Å²) in [6, 6.07) is 0. The van der Waals surface area contributed by atoms with Gasteiger partial charge in [-0.15, -0.1) is 0 Å². The fourth-order valence-electron chi connectivity index (χ4n) is 1.92. The molecule has 0 unspecified atom stereocenters. The standard InChI is InChI=1S/C12H15N3O3/c1-14-6-9(5-13-14)2-3-11(16)15-7-10(8-15)4-12(17)18/h2-3,5-6,10H,4,7-8H2,1H3,(H,17,18). The van der Waals surface area contributed by atoms with E-state index in [0.717, 1.165) is 5.56 Å². The Morgan fingerprint density at radius 1 is 1.56 bits per heavy atom. The summed E-state index contributed by atoms with van der Waals surface area (Å²) in [6.45, 7) is 1.06. The van der Waals surface area contributed by atoms with Crippen molar-refractivity contribution in [1.82, 2.24) is 14.7 Å². The first-order valence-electron chi connectivity index (χ1n) is 5.72. The highest BCUT2D eigenvalue weighted by Crippen LogP contribution is 2.19. The van der Waals surface area contributed by atoms with Crippen LogP contribution in [0.3, 0.4) is 0 Å². The summed E-state index contributed by atoms with van der Waals surface area (Å²) in [5.41, 5.74) is 0.869. The second kappa shape index (κ2) is 5.03. The first kappa shape index (κ1) is 12.3. The number of nitrogens with zero attached hydrogens (tertiary/aromatic N) is 3. The summed E-state index contributed by atoms with van der Waals surface area (Å²) in [4.78, 5) is 23.8. The molecule has 2 rings (SSSR count). The Kier molecular flexibility index (Phi) is 3.45. The van der Waals surface area contributed by atoms with Gasteiger partial charge in [-0.05, 0) is 6.08 Å². The molecule has 0 spiro atoms. The number of aryl methyl sites for hydroxylation is 1. The zero-order valence-corrected chi connectivity index (χ0v) is 10.1. The lowest BCUT2D eigenvalue weighted by Crippen LogP contribution is -2.49. The fraction of sp³-hybridized carbons (Fsp3) is 0.417. The van der Waals surface area contributed by atoms with Crippen molar-refractivity contribution in [2.24, 2.45) is 13.0 Å². The van der Waals surface area contributed by atoms with E-state index >= 15 is 0 Å². The molecule has 1 aromatic heterocycles. The lowest BCUT2D eigenvalue weighted by molar-refractivity contribution is -0.143. The van der Waals surface area contributed by atoms with Crippen LogP contribution in [0.5, 0.6) is 0 Å². The molecule has 1 N–H and O–H groups in total. The van der Waals surface area contributed by atoms with Gasteiger partial charge < -0.3 is 10.0 Å². The number of likely N-dealkylation sites (tertiary alicyclic amines) is 1. The van der Waals surface area contributed by atoms with Gasteiger partial charge in [-0.1, -0.05) is 0 Å². The molecule has 0 radical (unpaired) electrons. The van der Waals surface area contributed by atoms with Crippen molar-refractivity contribution in [1.29, 1.82) is 0 Å². The Hall–Kier alpha value is -2.11. The smallest absolute Gasteiger partial charge is 0.303 e. The molecular formula is C12H15N3O3. The monoisotopic (exact) mass is 249 g/mol. The Bertz CT molecular complexity index is 487. The second-order valence-electron chi connectivity index (χ2n) is 4.49. The van der Waals surface area contributed by atoms with E-state index in [1.165, 1.54) is 6.08 Å². The van der Waals surface area contributed by atoms with Crippen LogP contribution in [0.15, 0.2) is 18.5 Å². The van der Waals surface area contributed by atoms with Gasteiger partial charge in [-0.3, -0.25) is 14.3 Å². The molecule has 1 aliphatic heterocycles. The minimum atomic E-state index is -0.807. The van der Waals surface area contributed by atoms with Crippen molar-refractivity contribution in [3.63, 3.8) is 0 Å². The van der Waals surface area contributed by atoms with E-state index < -0.39 is 5.97 Å². The van der Waals surface area contributed by atoms with Crippen molar-refractivity contribution in [3.05, 3.63) is 24.0 Å². The van der Waals surface area contributed by atoms with Crippen LogP contribution in [0, 0.1) is 5.92 Å². The highest BCUT2D eigenvalue weighted by atomic mass is 16.4. The number of carboxylic acids is 1. The minimum Gasteiger partial charge on any atom is -0.481 e. The normalized spacial score (nSPS) is 15.9. The van der Waals surface area contributed by atoms with E-state index in [1.54, 1.807) is 21.9 Å². The summed E-state index contributed by atoms with van der Waals surface area (Å²) < 4.78 is 1.66. The van der Waals surface area contributed by atoms with Gasteiger partial charge in [-0.2, -0.15) is 5.10 Å². The molecule has 6 nitrogen and oxygen atoms in total. The number of rotatable bonds is 4. The molecular weight excluding hydrogens is 234 g/mol. The summed E-state index contributed by atoms with van der Waals surface area (Å²) in [7, 11) is 1.81. The highest BCUT2D eigenvalue weighted by Gasteiger charge is 2.30. The van der Waals surface area contributed by atoms with Crippen LogP contribution in [0.2, 0.25) is 0 Å². The van der Waals surface area contributed by atoms with Crippen LogP contribution < -0.4 is 0 Å². The molecule has 0 saturated carbocycles. The van der Waals surface area contributed by atoms with Crippen molar-refractivity contribution >= 4 is 18.0 Å². The number of aromatic nitrogens is 2. The number of carboxylic acid groups (broad SMARTS) is 1. The molecule has 0 atom stereocenters. The van der Waals surface area contributed by atoms with Gasteiger partial charge in [0, 0.05) is 43.9 Å². The van der Waals surface area contributed by atoms with Gasteiger partial charge in [0.1, 0.15) is 0 Å². The lowest BCUT2D eigenvalue weighted by atomic mass is 9.96. The zero-order chi connectivity index (χ0) is 13.1. The van der Waals surface area contributed by atoms with Crippen LogP contribution >= 0.6 is 0 Å². The van der Waals surface area contributed by atoms with Gasteiger partial charge >= 0.3 is 5.97 Å². The Morgan fingerprint density at radius 3 is 2.83 bits per heavy atom. The molecule has 1 fully saturated rings. The van der Waals surface area contributed by atoms with Crippen molar-refractivity contribution < 1.29 is 14.7 Å². The van der Waals surface area contributed by atoms with Crippen LogP contribution in [0.1, 0.15) is 12.0 Å². The molecule has 18 heavy (non-hydrogen) atoms. The lowest BCUT2D eigenvalue weighted by Gasteiger charge is -2.37. The SMILES string of the molecule is Cn1cc(C=CC(=O)N2CC(CC(=O)O)C2)cn1. The van der Waals surface area contributed by atoms with E-state index in [-0.39, 0.29) is 18.2 Å². The largest absolute Gasteiger partial charge is 0.481 e. The topological polar surface area (TPSA) is 75.4 Å². The second-order valence-corrected chi connectivity index (χ2v) is 4.49. The summed E-state index contributed by atoms with van der Waals surface area (Å²) >= 11 is 0. The summed E-state index contributed by atoms with van der Waals surface area (Å²) in [6.07, 6.45) is 6.82. The van der Waals surface area contributed by atoms with E-state index in [0.29, 0.717) is 13.1 Å². The third kappa shape index (κ3) is 2.97. The number of hydrogen-bond donors (Lipinski definition) is 1. The van der Waals surface area contributed by atoms with Gasteiger partial charge in [0.25, 0.3) is 0 Å². The summed E-state index contributed by atoms with van der Waals surface area (Å²) in [5, 5.41) is 12.6. The average Bonchev–Trinajstić information content (AvgIpc) is 2.65. The molecule has 1 amide bonds. The van der Waals surface area contributed by atoms with Gasteiger partial charge in [0.05, 0.1) is 12.6 Å². The average molecular weight is 249 g/mol. The van der Waals surface area contributed by atoms with Crippen molar-refractivity contribution in [3.8, 4) is 0 Å². The molecule has 0 aliphatic carbocycles. The molecule has 0 bridgehead atoms. The number of aliphatic carboxylic acids is 1. The van der Waals surface area contributed by atoms with Crippen LogP contribution in [-0.4, -0.2) is 44.8 Å². The predicted octanol–water partition coefficient (Wildman–Crippen LogP) is 0.366. The van der Waals surface area contributed by atoms with Crippen molar-refractivity contribution in [2.75, 3.05) is 13.1 Å². The number of hydrogen-bond acceptors (Lipinski definition) is 3. The molecule has 1 aromatic rings. The highest BCUT2D eigenvalue weighted by molar-refractivity contribution is 5.92. The molecule has 6 heteroatoms. The maximum absolute atomic E-state index is 11.7. The van der Waals surface area contributed by atoms with Crippen LogP contribution in [0.25, 0.3) is 6.08 Å². The zero-order valence-electron chi connectivity index (χ0n) is 10.1. The van der Waals surface area contributed by atoms with Crippen LogP contribution in [-0.2, 0) is 16.6 Å². The quantitative estimate of drug-likeness (QED) is 0.782. The number of carbonyl (C=O) groups excluding carboxylic acids is 1. The third-order valence-electron chi connectivity index (χ3n) is 2.88. The van der Waals surface area contributed by atoms with Gasteiger partial charge in [-0.25, -0.2) is 0 Å². The van der Waals surface area contributed by atoms with E-state index in [9.17, 15) is 9.59 Å². The Morgan fingerprint density at radius 2 is 2.28 bits per heavy atom. The Labute approximate surface area is 105 Å². The fourth-order valence-corrected chi connectivity index (χ4v) is 1.92. The molecule has 1 saturated heterocycles. The minimum absolute atomic E-state index is 0.0829. The third-order valence-corrected chi connectivity index (χ3v) is 2.88. The molecule has 0 aromatic carbocycles. The van der Waals surface area contributed by atoms with Gasteiger partial charge in [0.15, 0.2) is 0 Å². The van der Waals surface area contributed by atoms with Gasteiger partial charge in [0.2, 0.25) is 5.91 Å². The predicted molar refractivity (Wildman–Crippen MR) is 64.6 cm³/mol. The Balaban J connectivity index is 1.80.